The van der Waals surface area contributed by atoms with Crippen molar-refractivity contribution in [1.82, 2.24) is 10.2 Å². The Balaban J connectivity index is 1.85. The fourth-order valence-corrected chi connectivity index (χ4v) is 7.02. The Morgan fingerprint density at radius 3 is 2.04 bits per heavy atom. The van der Waals surface area contributed by atoms with Crippen LogP contribution in [-0.4, -0.2) is 44.3 Å². The van der Waals surface area contributed by atoms with Gasteiger partial charge in [-0.1, -0.05) is 91.1 Å². The summed E-state index contributed by atoms with van der Waals surface area (Å²) in [7, 11) is -4.27. The molecule has 7 nitrogen and oxygen atoms in total. The summed E-state index contributed by atoms with van der Waals surface area (Å²) in [4.78, 5) is 29.9. The first kappa shape index (κ1) is 36.3. The smallest absolute Gasteiger partial charge is 0.264 e. The third-order valence-corrected chi connectivity index (χ3v) is 10.6. The molecule has 0 spiro atoms. The number of amides is 2. The third kappa shape index (κ3) is 9.29. The Labute approximate surface area is 292 Å². The van der Waals surface area contributed by atoms with Crippen LogP contribution in [0.15, 0.2) is 95.9 Å². The summed E-state index contributed by atoms with van der Waals surface area (Å²) < 4.78 is 29.5. The van der Waals surface area contributed by atoms with Crippen LogP contribution in [0.4, 0.5) is 5.69 Å². The summed E-state index contributed by atoms with van der Waals surface area (Å²) in [5.74, 6) is -0.835. The quantitative estimate of drug-likeness (QED) is 0.153. The van der Waals surface area contributed by atoms with Gasteiger partial charge in [-0.15, -0.1) is 0 Å². The summed E-state index contributed by atoms with van der Waals surface area (Å²) in [5.41, 5.74) is 3.37. The maximum Gasteiger partial charge on any atom is 0.264 e. The number of hydrogen-bond donors (Lipinski definition) is 1. The van der Waals surface area contributed by atoms with Crippen LogP contribution in [0.2, 0.25) is 15.1 Å². The van der Waals surface area contributed by atoms with E-state index < -0.39 is 28.5 Å². The highest BCUT2D eigenvalue weighted by Gasteiger charge is 2.35. The Hall–Kier alpha value is -3.56. The topological polar surface area (TPSA) is 86.8 Å². The van der Waals surface area contributed by atoms with Crippen LogP contribution >= 0.6 is 34.8 Å². The molecule has 1 unspecified atom stereocenters. The number of benzene rings is 4. The first-order valence-electron chi connectivity index (χ1n) is 15.2. The van der Waals surface area contributed by atoms with Gasteiger partial charge in [0.15, 0.2) is 0 Å². The minimum absolute atomic E-state index is 0.0378. The highest BCUT2D eigenvalue weighted by atomic mass is 35.5. The Morgan fingerprint density at radius 1 is 0.809 bits per heavy atom. The maximum absolute atomic E-state index is 14.6. The number of anilines is 1. The number of carbonyl (C=O) groups excluding carboxylic acids is 2. The number of carbonyl (C=O) groups is 2. The van der Waals surface area contributed by atoms with E-state index in [-0.39, 0.29) is 29.7 Å². The number of nitrogens with zero attached hydrogens (tertiary/aromatic N) is 2. The van der Waals surface area contributed by atoms with E-state index in [0.717, 1.165) is 21.0 Å². The summed E-state index contributed by atoms with van der Waals surface area (Å²) in [6, 6.07) is 24.3. The van der Waals surface area contributed by atoms with E-state index in [4.69, 9.17) is 34.8 Å². The van der Waals surface area contributed by atoms with Gasteiger partial charge in [-0.3, -0.25) is 13.9 Å². The van der Waals surface area contributed by atoms with Gasteiger partial charge in [-0.25, -0.2) is 8.42 Å². The fourth-order valence-electron chi connectivity index (χ4n) is 4.97. The fraction of sp³-hybridized carbons (Fsp3) is 0.278. The molecule has 4 aromatic rings. The van der Waals surface area contributed by atoms with Crippen molar-refractivity contribution < 1.29 is 18.0 Å². The predicted octanol–water partition coefficient (Wildman–Crippen LogP) is 7.87. The van der Waals surface area contributed by atoms with Gasteiger partial charge in [0.1, 0.15) is 12.6 Å². The molecule has 0 saturated heterocycles. The molecule has 47 heavy (non-hydrogen) atoms. The minimum atomic E-state index is -4.27. The second-order valence-corrected chi connectivity index (χ2v) is 14.9. The van der Waals surface area contributed by atoms with Crippen LogP contribution in [-0.2, 0) is 32.6 Å². The molecule has 0 aliphatic rings. The van der Waals surface area contributed by atoms with Gasteiger partial charge < -0.3 is 10.2 Å². The van der Waals surface area contributed by atoms with Crippen molar-refractivity contribution in [2.75, 3.05) is 17.4 Å². The van der Waals surface area contributed by atoms with E-state index in [1.54, 1.807) is 36.4 Å². The van der Waals surface area contributed by atoms with Gasteiger partial charge in [0.2, 0.25) is 11.8 Å². The van der Waals surface area contributed by atoms with Crippen LogP contribution in [0.25, 0.3) is 0 Å². The summed E-state index contributed by atoms with van der Waals surface area (Å²) in [6.45, 7) is 7.39. The lowest BCUT2D eigenvalue weighted by Crippen LogP contribution is -2.53. The minimum Gasteiger partial charge on any atom is -0.354 e. The average Bonchev–Trinajstić information content (AvgIpc) is 3.03. The predicted molar refractivity (Wildman–Crippen MR) is 191 cm³/mol. The molecule has 0 saturated carbocycles. The molecule has 4 aromatic carbocycles. The summed E-state index contributed by atoms with van der Waals surface area (Å²) in [6.07, 6.45) is 0.173. The van der Waals surface area contributed by atoms with Gasteiger partial charge in [-0.2, -0.15) is 0 Å². The van der Waals surface area contributed by atoms with E-state index in [0.29, 0.717) is 32.9 Å². The van der Waals surface area contributed by atoms with E-state index in [1.165, 1.54) is 29.2 Å². The van der Waals surface area contributed by atoms with Crippen molar-refractivity contribution in [3.63, 3.8) is 0 Å². The summed E-state index contributed by atoms with van der Waals surface area (Å²) in [5, 5.41) is 3.97. The van der Waals surface area contributed by atoms with Gasteiger partial charge in [0, 0.05) is 40.1 Å². The Bertz CT molecular complexity index is 1800. The molecule has 248 valence electrons. The molecular formula is C36H38Cl3N3O4S. The molecule has 4 rings (SSSR count). The van der Waals surface area contributed by atoms with E-state index in [1.807, 2.05) is 58.0 Å². The van der Waals surface area contributed by atoms with Crippen LogP contribution in [0.1, 0.15) is 36.1 Å². The zero-order chi connectivity index (χ0) is 34.3. The average molecular weight is 715 g/mol. The largest absolute Gasteiger partial charge is 0.354 e. The molecule has 0 fully saturated rings. The molecule has 11 heteroatoms. The zero-order valence-electron chi connectivity index (χ0n) is 26.7. The molecule has 1 atom stereocenters. The second kappa shape index (κ2) is 16.0. The van der Waals surface area contributed by atoms with Crippen molar-refractivity contribution in [3.8, 4) is 0 Å². The van der Waals surface area contributed by atoms with Crippen molar-refractivity contribution in [2.45, 2.75) is 51.6 Å². The molecule has 0 radical (unpaired) electrons. The van der Waals surface area contributed by atoms with Crippen LogP contribution < -0.4 is 9.62 Å². The van der Waals surface area contributed by atoms with Gasteiger partial charge in [0.25, 0.3) is 10.0 Å². The molecule has 0 aliphatic heterocycles. The number of hydrogen-bond acceptors (Lipinski definition) is 4. The molecule has 2 amide bonds. The lowest BCUT2D eigenvalue weighted by molar-refractivity contribution is -0.140. The first-order chi connectivity index (χ1) is 22.3. The van der Waals surface area contributed by atoms with Crippen LogP contribution in [0.5, 0.6) is 0 Å². The summed E-state index contributed by atoms with van der Waals surface area (Å²) >= 11 is 19.2. The Morgan fingerprint density at radius 2 is 1.45 bits per heavy atom. The standard InChI is InChI=1S/C36H38Cl3N3O4S/c1-24(2)21-40-36(44)34(20-27-9-6-5-7-10-27)41(22-31-32(38)11-8-12-33(31)39)35(43)23-42(29-16-13-25(3)26(4)19-29)47(45,46)30-17-14-28(37)15-18-30/h5-19,24,34H,20-23H2,1-4H3,(H,40,44). The monoisotopic (exact) mass is 713 g/mol. The Kier molecular flexibility index (Phi) is 12.4. The zero-order valence-corrected chi connectivity index (χ0v) is 29.8. The van der Waals surface area contributed by atoms with Gasteiger partial charge >= 0.3 is 0 Å². The van der Waals surface area contributed by atoms with Crippen molar-refractivity contribution >= 4 is 62.3 Å². The van der Waals surface area contributed by atoms with E-state index in [9.17, 15) is 18.0 Å². The maximum atomic E-state index is 14.6. The third-order valence-electron chi connectivity index (χ3n) is 7.80. The molecule has 1 N–H and O–H groups in total. The van der Waals surface area contributed by atoms with Crippen LogP contribution in [0.3, 0.4) is 0 Å². The molecule has 0 aliphatic carbocycles. The SMILES string of the molecule is Cc1ccc(N(CC(=O)N(Cc2c(Cl)cccc2Cl)C(Cc2ccccc2)C(=O)NCC(C)C)S(=O)(=O)c2ccc(Cl)cc2)cc1C. The van der Waals surface area contributed by atoms with E-state index in [2.05, 4.69) is 5.32 Å². The van der Waals surface area contributed by atoms with Crippen molar-refractivity contribution in [3.05, 3.63) is 128 Å². The molecule has 0 heterocycles. The highest BCUT2D eigenvalue weighted by molar-refractivity contribution is 7.92. The van der Waals surface area contributed by atoms with Crippen LogP contribution in [0, 0.1) is 19.8 Å². The lowest BCUT2D eigenvalue weighted by atomic mass is 10.0. The van der Waals surface area contributed by atoms with Gasteiger partial charge in [-0.05, 0) is 85.0 Å². The van der Waals surface area contributed by atoms with Gasteiger partial charge in [0.05, 0.1) is 10.6 Å². The number of rotatable bonds is 13. The van der Waals surface area contributed by atoms with Crippen molar-refractivity contribution in [1.29, 1.82) is 0 Å². The number of nitrogens with one attached hydrogen (secondary N) is 1. The number of sulfonamides is 1. The first-order valence-corrected chi connectivity index (χ1v) is 17.7. The number of aryl methyl sites for hydroxylation is 2. The molecule has 0 bridgehead atoms. The van der Waals surface area contributed by atoms with E-state index >= 15 is 0 Å². The highest BCUT2D eigenvalue weighted by Crippen LogP contribution is 2.30. The normalized spacial score (nSPS) is 12.1. The molecular weight excluding hydrogens is 677 g/mol. The molecule has 0 aromatic heterocycles. The van der Waals surface area contributed by atoms with Crippen molar-refractivity contribution in [2.24, 2.45) is 5.92 Å². The second-order valence-electron chi connectivity index (χ2n) is 11.8. The number of halogens is 3. The lowest BCUT2D eigenvalue weighted by Gasteiger charge is -2.34.